The van der Waals surface area contributed by atoms with Gasteiger partial charge in [-0.2, -0.15) is 0 Å². The van der Waals surface area contributed by atoms with Gasteiger partial charge in [0.05, 0.1) is 0 Å². The van der Waals surface area contributed by atoms with Crippen LogP contribution in [0.25, 0.3) is 0 Å². The van der Waals surface area contributed by atoms with Crippen molar-refractivity contribution >= 4 is 22.9 Å². The van der Waals surface area contributed by atoms with Crippen LogP contribution in [-0.4, -0.2) is 17.4 Å². The standard InChI is InChI=1S/C13H17N3OS/c1-13(2,11-4-3-5-18-11)8-16-12(17)10-6-9(14)7-15-10/h3-7,15H,8,14H2,1-2H3,(H,16,17). The van der Waals surface area contributed by atoms with Crippen LogP contribution >= 0.6 is 11.3 Å². The van der Waals surface area contributed by atoms with Crippen LogP contribution in [0.4, 0.5) is 5.69 Å². The molecule has 2 aromatic rings. The van der Waals surface area contributed by atoms with E-state index in [1.165, 1.54) is 4.88 Å². The number of carbonyl (C=O) groups is 1. The lowest BCUT2D eigenvalue weighted by molar-refractivity contribution is 0.0941. The molecule has 0 aliphatic carbocycles. The van der Waals surface area contributed by atoms with E-state index in [2.05, 4.69) is 30.2 Å². The number of nitrogens with two attached hydrogens (primary N) is 1. The molecule has 0 spiro atoms. The Kier molecular flexibility index (Phi) is 3.43. The van der Waals surface area contributed by atoms with Gasteiger partial charge in [0.25, 0.3) is 5.91 Å². The molecule has 0 atom stereocenters. The molecule has 1 amide bonds. The number of H-pyrrole nitrogens is 1. The zero-order valence-corrected chi connectivity index (χ0v) is 11.3. The van der Waals surface area contributed by atoms with Crippen LogP contribution in [0.5, 0.6) is 0 Å². The molecule has 0 aliphatic rings. The predicted octanol–water partition coefficient (Wildman–Crippen LogP) is 2.37. The van der Waals surface area contributed by atoms with Gasteiger partial charge >= 0.3 is 0 Å². The molecule has 0 radical (unpaired) electrons. The molecule has 0 bridgehead atoms. The first-order chi connectivity index (χ1) is 8.49. The van der Waals surface area contributed by atoms with Gasteiger partial charge in [-0.25, -0.2) is 0 Å². The number of nitrogens with one attached hydrogen (secondary N) is 2. The number of amides is 1. The molecule has 0 saturated carbocycles. The summed E-state index contributed by atoms with van der Waals surface area (Å²) >= 11 is 1.70. The summed E-state index contributed by atoms with van der Waals surface area (Å²) in [5, 5.41) is 4.97. The number of aromatic amines is 1. The van der Waals surface area contributed by atoms with Gasteiger partial charge in [-0.3, -0.25) is 4.79 Å². The van der Waals surface area contributed by atoms with E-state index in [1.54, 1.807) is 23.6 Å². The smallest absolute Gasteiger partial charge is 0.267 e. The summed E-state index contributed by atoms with van der Waals surface area (Å²) < 4.78 is 0. The summed E-state index contributed by atoms with van der Waals surface area (Å²) in [5.41, 5.74) is 6.56. The Labute approximate surface area is 110 Å². The largest absolute Gasteiger partial charge is 0.397 e. The lowest BCUT2D eigenvalue weighted by atomic mass is 9.91. The van der Waals surface area contributed by atoms with Crippen LogP contribution in [0.15, 0.2) is 29.8 Å². The Morgan fingerprint density at radius 1 is 1.56 bits per heavy atom. The minimum Gasteiger partial charge on any atom is -0.397 e. The van der Waals surface area contributed by atoms with E-state index in [4.69, 9.17) is 5.73 Å². The topological polar surface area (TPSA) is 70.9 Å². The van der Waals surface area contributed by atoms with E-state index in [0.29, 0.717) is 17.9 Å². The van der Waals surface area contributed by atoms with Gasteiger partial charge in [0.1, 0.15) is 5.69 Å². The number of rotatable bonds is 4. The van der Waals surface area contributed by atoms with Crippen molar-refractivity contribution in [2.75, 3.05) is 12.3 Å². The number of hydrogen-bond donors (Lipinski definition) is 3. The van der Waals surface area contributed by atoms with Crippen LogP contribution in [0, 0.1) is 0 Å². The summed E-state index contributed by atoms with van der Waals surface area (Å²) in [6.07, 6.45) is 1.61. The molecule has 0 unspecified atom stereocenters. The molecule has 4 N–H and O–H groups in total. The van der Waals surface area contributed by atoms with Gasteiger partial charge in [0.15, 0.2) is 0 Å². The van der Waals surface area contributed by atoms with E-state index >= 15 is 0 Å². The highest BCUT2D eigenvalue weighted by Crippen LogP contribution is 2.26. The highest BCUT2D eigenvalue weighted by atomic mass is 32.1. The Morgan fingerprint density at radius 3 is 2.89 bits per heavy atom. The first-order valence-electron chi connectivity index (χ1n) is 5.75. The first kappa shape index (κ1) is 12.7. The zero-order chi connectivity index (χ0) is 13.2. The van der Waals surface area contributed by atoms with Gasteiger partial charge in [0, 0.05) is 28.7 Å². The molecule has 5 heteroatoms. The van der Waals surface area contributed by atoms with E-state index in [-0.39, 0.29) is 11.3 Å². The summed E-state index contributed by atoms with van der Waals surface area (Å²) in [4.78, 5) is 16.0. The second-order valence-electron chi connectivity index (χ2n) is 4.89. The Bertz CT molecular complexity index is 528. The highest BCUT2D eigenvalue weighted by molar-refractivity contribution is 7.10. The summed E-state index contributed by atoms with van der Waals surface area (Å²) in [7, 11) is 0. The Morgan fingerprint density at radius 2 is 2.33 bits per heavy atom. The molecular weight excluding hydrogens is 246 g/mol. The van der Waals surface area contributed by atoms with E-state index < -0.39 is 0 Å². The van der Waals surface area contributed by atoms with Crippen molar-refractivity contribution < 1.29 is 4.79 Å². The molecule has 0 saturated heterocycles. The van der Waals surface area contributed by atoms with Crippen molar-refractivity contribution in [1.29, 1.82) is 0 Å². The van der Waals surface area contributed by atoms with E-state index in [1.807, 2.05) is 11.4 Å². The summed E-state index contributed by atoms with van der Waals surface area (Å²) in [5.74, 6) is -0.128. The van der Waals surface area contributed by atoms with Crippen LogP contribution in [0.2, 0.25) is 0 Å². The molecular formula is C13H17N3OS. The quantitative estimate of drug-likeness (QED) is 0.792. The van der Waals surface area contributed by atoms with Crippen molar-refractivity contribution in [3.63, 3.8) is 0 Å². The van der Waals surface area contributed by atoms with Gasteiger partial charge < -0.3 is 16.0 Å². The Balaban J connectivity index is 1.98. The summed E-state index contributed by atoms with van der Waals surface area (Å²) in [6.45, 7) is 4.82. The molecule has 2 aromatic heterocycles. The molecule has 0 fully saturated rings. The zero-order valence-electron chi connectivity index (χ0n) is 10.5. The lowest BCUT2D eigenvalue weighted by Gasteiger charge is -2.23. The third kappa shape index (κ3) is 2.73. The number of aromatic nitrogens is 1. The van der Waals surface area contributed by atoms with E-state index in [0.717, 1.165) is 0 Å². The van der Waals surface area contributed by atoms with Crippen molar-refractivity contribution in [3.8, 4) is 0 Å². The number of hydrogen-bond acceptors (Lipinski definition) is 3. The molecule has 2 heterocycles. The number of anilines is 1. The minimum atomic E-state index is -0.128. The van der Waals surface area contributed by atoms with Crippen LogP contribution < -0.4 is 11.1 Å². The normalized spacial score (nSPS) is 11.4. The lowest BCUT2D eigenvalue weighted by Crippen LogP contribution is -2.36. The molecule has 4 nitrogen and oxygen atoms in total. The second kappa shape index (κ2) is 4.86. The maximum Gasteiger partial charge on any atom is 0.267 e. The fraction of sp³-hybridized carbons (Fsp3) is 0.308. The maximum absolute atomic E-state index is 11.9. The number of thiophene rings is 1. The predicted molar refractivity (Wildman–Crippen MR) is 74.9 cm³/mol. The minimum absolute atomic E-state index is 0.0675. The fourth-order valence-electron chi connectivity index (χ4n) is 1.69. The summed E-state index contributed by atoms with van der Waals surface area (Å²) in [6, 6.07) is 5.74. The molecule has 2 rings (SSSR count). The van der Waals surface area contributed by atoms with Crippen LogP contribution in [0.1, 0.15) is 29.2 Å². The third-order valence-electron chi connectivity index (χ3n) is 2.83. The Hall–Kier alpha value is -1.75. The van der Waals surface area contributed by atoms with E-state index in [9.17, 15) is 4.79 Å². The van der Waals surface area contributed by atoms with Gasteiger partial charge in [-0.1, -0.05) is 19.9 Å². The highest BCUT2D eigenvalue weighted by Gasteiger charge is 2.22. The molecule has 0 aliphatic heterocycles. The molecule has 96 valence electrons. The number of carbonyl (C=O) groups excluding carboxylic acids is 1. The van der Waals surface area contributed by atoms with Crippen LogP contribution in [-0.2, 0) is 5.41 Å². The average molecular weight is 263 g/mol. The van der Waals surface area contributed by atoms with Crippen molar-refractivity contribution in [3.05, 3.63) is 40.3 Å². The van der Waals surface area contributed by atoms with Gasteiger partial charge in [0.2, 0.25) is 0 Å². The fourth-order valence-corrected chi connectivity index (χ4v) is 2.54. The monoisotopic (exact) mass is 263 g/mol. The second-order valence-corrected chi connectivity index (χ2v) is 5.84. The number of nitrogen functional groups attached to an aromatic ring is 1. The molecule has 0 aromatic carbocycles. The van der Waals surface area contributed by atoms with Gasteiger partial charge in [-0.05, 0) is 17.5 Å². The third-order valence-corrected chi connectivity index (χ3v) is 4.06. The first-order valence-corrected chi connectivity index (χ1v) is 6.63. The van der Waals surface area contributed by atoms with Crippen molar-refractivity contribution in [2.45, 2.75) is 19.3 Å². The van der Waals surface area contributed by atoms with Gasteiger partial charge in [-0.15, -0.1) is 11.3 Å². The van der Waals surface area contributed by atoms with Crippen molar-refractivity contribution in [1.82, 2.24) is 10.3 Å². The SMILES string of the molecule is CC(C)(CNC(=O)c1cc(N)c[nH]1)c1cccs1. The van der Waals surface area contributed by atoms with Crippen LogP contribution in [0.3, 0.4) is 0 Å². The van der Waals surface area contributed by atoms with Crippen molar-refractivity contribution in [2.24, 2.45) is 0 Å². The average Bonchev–Trinajstić information content (AvgIpc) is 2.96. The maximum atomic E-state index is 11.9. The molecule has 18 heavy (non-hydrogen) atoms.